The average Bonchev–Trinajstić information content (AvgIpc) is 2.84. The summed E-state index contributed by atoms with van der Waals surface area (Å²) >= 11 is 0. The van der Waals surface area contributed by atoms with Gasteiger partial charge in [0, 0.05) is 12.1 Å². The van der Waals surface area contributed by atoms with E-state index in [1.54, 1.807) is 12.1 Å². The maximum Gasteiger partial charge on any atom is 0.387 e. The van der Waals surface area contributed by atoms with Gasteiger partial charge in [-0.25, -0.2) is 0 Å². The van der Waals surface area contributed by atoms with Gasteiger partial charge in [0.15, 0.2) is 0 Å². The summed E-state index contributed by atoms with van der Waals surface area (Å²) < 4.78 is 28.7. The van der Waals surface area contributed by atoms with E-state index in [9.17, 15) is 13.9 Å². The fraction of sp³-hybridized carbons (Fsp3) is 0.333. The summed E-state index contributed by atoms with van der Waals surface area (Å²) in [5.74, 6) is 0.143. The van der Waals surface area contributed by atoms with E-state index < -0.39 is 12.7 Å². The Hall–Kier alpha value is -1.98. The summed E-state index contributed by atoms with van der Waals surface area (Å²) in [7, 11) is 0. The number of alkyl halides is 2. The summed E-state index contributed by atoms with van der Waals surface area (Å²) in [5.41, 5.74) is 3.08. The van der Waals surface area contributed by atoms with E-state index in [1.165, 1.54) is 12.1 Å². The van der Waals surface area contributed by atoms with Gasteiger partial charge in [-0.2, -0.15) is 8.78 Å². The Kier molecular flexibility index (Phi) is 4.59. The van der Waals surface area contributed by atoms with Gasteiger partial charge >= 0.3 is 6.61 Å². The molecule has 3 unspecified atom stereocenters. The molecule has 2 aromatic rings. The Morgan fingerprint density at radius 3 is 2.48 bits per heavy atom. The molecule has 0 radical (unpaired) electrons. The molecule has 0 saturated carbocycles. The monoisotopic (exact) mass is 319 g/mol. The van der Waals surface area contributed by atoms with Gasteiger partial charge in [-0.15, -0.1) is 0 Å². The smallest absolute Gasteiger partial charge is 0.387 e. The molecule has 0 aromatic heterocycles. The first-order valence-corrected chi connectivity index (χ1v) is 7.61. The Labute approximate surface area is 133 Å². The molecular formula is C18H19F2NO2. The first-order chi connectivity index (χ1) is 11.0. The third-order valence-corrected chi connectivity index (χ3v) is 4.26. The molecule has 0 bridgehead atoms. The van der Waals surface area contributed by atoms with E-state index in [2.05, 4.69) is 10.1 Å². The fourth-order valence-electron chi connectivity index (χ4n) is 3.08. The molecule has 5 heteroatoms. The lowest BCUT2D eigenvalue weighted by atomic mass is 10.1. The minimum Gasteiger partial charge on any atom is -0.435 e. The van der Waals surface area contributed by atoms with Gasteiger partial charge in [0.05, 0.1) is 6.10 Å². The van der Waals surface area contributed by atoms with Gasteiger partial charge in [0.1, 0.15) is 5.75 Å². The summed E-state index contributed by atoms with van der Waals surface area (Å²) in [6.45, 7) is -0.831. The molecule has 0 amide bonds. The van der Waals surface area contributed by atoms with E-state index in [4.69, 9.17) is 0 Å². The second kappa shape index (κ2) is 6.64. The van der Waals surface area contributed by atoms with Crippen LogP contribution in [0.2, 0.25) is 0 Å². The highest BCUT2D eigenvalue weighted by atomic mass is 19.3. The number of aliphatic hydroxyl groups excluding tert-OH is 1. The lowest BCUT2D eigenvalue weighted by Gasteiger charge is -2.23. The van der Waals surface area contributed by atoms with Crippen LogP contribution >= 0.6 is 0 Å². The normalized spacial score (nSPS) is 21.3. The second-order valence-corrected chi connectivity index (χ2v) is 5.79. The van der Waals surface area contributed by atoms with Crippen molar-refractivity contribution in [3.8, 4) is 5.75 Å². The number of nitrogens with one attached hydrogen (secondary N) is 1. The number of fused-ring (bicyclic) bond motifs is 1. The van der Waals surface area contributed by atoms with Crippen molar-refractivity contribution in [1.82, 2.24) is 5.32 Å². The van der Waals surface area contributed by atoms with Crippen LogP contribution in [-0.4, -0.2) is 17.8 Å². The first kappa shape index (κ1) is 15.9. The van der Waals surface area contributed by atoms with E-state index in [0.29, 0.717) is 0 Å². The number of rotatable bonds is 5. The molecule has 0 saturated heterocycles. The fourth-order valence-corrected chi connectivity index (χ4v) is 3.08. The molecule has 3 atom stereocenters. The number of halogens is 2. The lowest BCUT2D eigenvalue weighted by Crippen LogP contribution is -2.34. The van der Waals surface area contributed by atoms with Crippen LogP contribution in [0.3, 0.4) is 0 Å². The molecule has 0 spiro atoms. The lowest BCUT2D eigenvalue weighted by molar-refractivity contribution is -0.0498. The molecule has 3 nitrogen and oxygen atoms in total. The maximum atomic E-state index is 12.2. The highest BCUT2D eigenvalue weighted by Gasteiger charge is 2.31. The standard InChI is InChI=1S/C18H19F2NO2/c1-11(12-6-8-14(9-7-12)23-18(19)20)21-16-10-13-4-2-3-5-15(13)17(16)22/h2-9,11,16-18,21-22H,10H2,1H3. The third-order valence-electron chi connectivity index (χ3n) is 4.26. The Morgan fingerprint density at radius 1 is 1.13 bits per heavy atom. The van der Waals surface area contributed by atoms with Crippen molar-refractivity contribution in [2.75, 3.05) is 0 Å². The predicted octanol–water partition coefficient (Wildman–Crippen LogP) is 3.60. The molecule has 0 heterocycles. The third kappa shape index (κ3) is 3.51. The van der Waals surface area contributed by atoms with Crippen LogP contribution in [-0.2, 0) is 6.42 Å². The van der Waals surface area contributed by atoms with E-state index >= 15 is 0 Å². The van der Waals surface area contributed by atoms with Crippen molar-refractivity contribution in [2.45, 2.75) is 38.1 Å². The van der Waals surface area contributed by atoms with Crippen molar-refractivity contribution >= 4 is 0 Å². The van der Waals surface area contributed by atoms with Crippen molar-refractivity contribution in [3.63, 3.8) is 0 Å². The summed E-state index contributed by atoms with van der Waals surface area (Å²) in [5, 5.41) is 13.8. The maximum absolute atomic E-state index is 12.2. The van der Waals surface area contributed by atoms with Crippen LogP contribution in [0.25, 0.3) is 0 Å². The zero-order valence-electron chi connectivity index (χ0n) is 12.7. The molecule has 2 aromatic carbocycles. The van der Waals surface area contributed by atoms with Crippen LogP contribution in [0.4, 0.5) is 8.78 Å². The highest BCUT2D eigenvalue weighted by Crippen LogP contribution is 2.32. The number of ether oxygens (including phenoxy) is 1. The molecule has 1 aliphatic carbocycles. The molecule has 2 N–H and O–H groups in total. The summed E-state index contributed by atoms with van der Waals surface area (Å²) in [4.78, 5) is 0. The van der Waals surface area contributed by atoms with Crippen molar-refractivity contribution < 1.29 is 18.6 Å². The summed E-state index contributed by atoms with van der Waals surface area (Å²) in [6, 6.07) is 14.4. The Balaban J connectivity index is 1.65. The molecular weight excluding hydrogens is 300 g/mol. The van der Waals surface area contributed by atoms with Gasteiger partial charge in [0.25, 0.3) is 0 Å². The number of aliphatic hydroxyl groups is 1. The van der Waals surface area contributed by atoms with Crippen molar-refractivity contribution in [3.05, 3.63) is 65.2 Å². The van der Waals surface area contributed by atoms with Gasteiger partial charge in [-0.1, -0.05) is 36.4 Å². The number of hydrogen-bond acceptors (Lipinski definition) is 3. The Bertz CT molecular complexity index is 660. The SMILES string of the molecule is CC(NC1Cc2ccccc2C1O)c1ccc(OC(F)F)cc1. The topological polar surface area (TPSA) is 41.5 Å². The zero-order chi connectivity index (χ0) is 16.4. The van der Waals surface area contributed by atoms with E-state index in [-0.39, 0.29) is 17.8 Å². The minimum absolute atomic E-state index is 0.00966. The molecule has 3 rings (SSSR count). The minimum atomic E-state index is -2.82. The van der Waals surface area contributed by atoms with Gasteiger partial charge in [0.2, 0.25) is 0 Å². The second-order valence-electron chi connectivity index (χ2n) is 5.79. The Morgan fingerprint density at radius 2 is 1.83 bits per heavy atom. The average molecular weight is 319 g/mol. The molecule has 1 aliphatic rings. The largest absolute Gasteiger partial charge is 0.435 e. The van der Waals surface area contributed by atoms with Crippen LogP contribution < -0.4 is 10.1 Å². The molecule has 122 valence electrons. The predicted molar refractivity (Wildman–Crippen MR) is 83.5 cm³/mol. The number of benzene rings is 2. The number of hydrogen-bond donors (Lipinski definition) is 2. The zero-order valence-corrected chi connectivity index (χ0v) is 12.7. The van der Waals surface area contributed by atoms with Crippen LogP contribution in [0.15, 0.2) is 48.5 Å². The van der Waals surface area contributed by atoms with Crippen molar-refractivity contribution in [2.24, 2.45) is 0 Å². The van der Waals surface area contributed by atoms with Gasteiger partial charge in [-0.05, 0) is 42.2 Å². The first-order valence-electron chi connectivity index (χ1n) is 7.61. The highest BCUT2D eigenvalue weighted by molar-refractivity contribution is 5.36. The molecule has 23 heavy (non-hydrogen) atoms. The van der Waals surface area contributed by atoms with Crippen molar-refractivity contribution in [1.29, 1.82) is 0 Å². The van der Waals surface area contributed by atoms with E-state index in [1.807, 2.05) is 31.2 Å². The van der Waals surface area contributed by atoms with Gasteiger partial charge in [-0.3, -0.25) is 0 Å². The molecule has 0 fully saturated rings. The van der Waals surface area contributed by atoms with Gasteiger partial charge < -0.3 is 15.2 Å². The molecule has 0 aliphatic heterocycles. The van der Waals surface area contributed by atoms with Crippen LogP contribution in [0.1, 0.15) is 35.8 Å². The van der Waals surface area contributed by atoms with Crippen LogP contribution in [0, 0.1) is 0 Å². The van der Waals surface area contributed by atoms with E-state index in [0.717, 1.165) is 23.1 Å². The quantitative estimate of drug-likeness (QED) is 0.885. The van der Waals surface area contributed by atoms with Crippen LogP contribution in [0.5, 0.6) is 5.75 Å². The summed E-state index contributed by atoms with van der Waals surface area (Å²) in [6.07, 6.45) is 0.240.